The number of rotatable bonds is 5. The molecule has 1 fully saturated rings. The van der Waals surface area contributed by atoms with E-state index in [9.17, 15) is 4.79 Å². The van der Waals surface area contributed by atoms with Crippen molar-refractivity contribution in [3.05, 3.63) is 28.8 Å². The average molecular weight is 298 g/mol. The van der Waals surface area contributed by atoms with Crippen molar-refractivity contribution < 1.29 is 14.3 Å². The molecule has 1 unspecified atom stereocenters. The molecule has 0 bridgehead atoms. The van der Waals surface area contributed by atoms with Crippen LogP contribution in [-0.4, -0.2) is 50.6 Å². The van der Waals surface area contributed by atoms with Crippen LogP contribution < -0.4 is 4.74 Å². The number of halogens is 1. The second kappa shape index (κ2) is 7.07. The van der Waals surface area contributed by atoms with Crippen molar-refractivity contribution in [1.82, 2.24) is 4.90 Å². The van der Waals surface area contributed by atoms with Gasteiger partial charge in [0, 0.05) is 19.2 Å². The molecule has 1 aliphatic rings. The predicted octanol–water partition coefficient (Wildman–Crippen LogP) is 2.64. The predicted molar refractivity (Wildman–Crippen MR) is 78.8 cm³/mol. The molecule has 0 N–H and O–H groups in total. The zero-order chi connectivity index (χ0) is 14.5. The average Bonchev–Trinajstić information content (AvgIpc) is 2.47. The molecule has 0 amide bonds. The third-order valence-corrected chi connectivity index (χ3v) is 3.93. The van der Waals surface area contributed by atoms with Gasteiger partial charge in [-0.05, 0) is 37.6 Å². The van der Waals surface area contributed by atoms with Crippen molar-refractivity contribution in [1.29, 1.82) is 0 Å². The van der Waals surface area contributed by atoms with Crippen LogP contribution in [-0.2, 0) is 4.74 Å². The Morgan fingerprint density at radius 1 is 1.45 bits per heavy atom. The summed E-state index contributed by atoms with van der Waals surface area (Å²) in [6.07, 6.45) is 2.36. The van der Waals surface area contributed by atoms with Gasteiger partial charge in [0.2, 0.25) is 0 Å². The molecule has 110 valence electrons. The number of carbonyl (C=O) groups is 1. The normalized spacial score (nSPS) is 19.9. The van der Waals surface area contributed by atoms with Gasteiger partial charge in [0.15, 0.2) is 5.78 Å². The first kappa shape index (κ1) is 15.3. The summed E-state index contributed by atoms with van der Waals surface area (Å²) in [7, 11) is 3.28. The third-order valence-electron chi connectivity index (χ3n) is 3.64. The van der Waals surface area contributed by atoms with Crippen LogP contribution in [0.3, 0.4) is 0 Å². The van der Waals surface area contributed by atoms with Gasteiger partial charge >= 0.3 is 0 Å². The maximum Gasteiger partial charge on any atom is 0.176 e. The summed E-state index contributed by atoms with van der Waals surface area (Å²) in [5.41, 5.74) is 0.621. The lowest BCUT2D eigenvalue weighted by Crippen LogP contribution is -2.41. The second-order valence-electron chi connectivity index (χ2n) is 5.01. The molecule has 20 heavy (non-hydrogen) atoms. The molecular weight excluding hydrogens is 278 g/mol. The number of benzene rings is 1. The fourth-order valence-corrected chi connectivity index (χ4v) is 2.74. The van der Waals surface area contributed by atoms with Gasteiger partial charge in [0.1, 0.15) is 5.75 Å². The number of hydrogen-bond acceptors (Lipinski definition) is 4. The molecule has 5 heteroatoms. The molecule has 1 atom stereocenters. The summed E-state index contributed by atoms with van der Waals surface area (Å²) < 4.78 is 10.5. The van der Waals surface area contributed by atoms with E-state index in [0.29, 0.717) is 22.9 Å². The lowest BCUT2D eigenvalue weighted by atomic mass is 10.1. The number of ether oxygens (including phenoxy) is 2. The van der Waals surface area contributed by atoms with Gasteiger partial charge in [-0.1, -0.05) is 11.6 Å². The van der Waals surface area contributed by atoms with Gasteiger partial charge in [-0.25, -0.2) is 0 Å². The van der Waals surface area contributed by atoms with Crippen LogP contribution in [0.1, 0.15) is 23.2 Å². The van der Waals surface area contributed by atoms with Gasteiger partial charge in [-0.3, -0.25) is 9.69 Å². The van der Waals surface area contributed by atoms with Crippen LogP contribution in [0, 0.1) is 0 Å². The van der Waals surface area contributed by atoms with E-state index in [4.69, 9.17) is 21.1 Å². The van der Waals surface area contributed by atoms with E-state index in [-0.39, 0.29) is 11.9 Å². The quantitative estimate of drug-likeness (QED) is 0.783. The highest BCUT2D eigenvalue weighted by Gasteiger charge is 2.21. The summed E-state index contributed by atoms with van der Waals surface area (Å²) >= 11 is 6.05. The maximum atomic E-state index is 12.3. The van der Waals surface area contributed by atoms with E-state index in [1.54, 1.807) is 32.4 Å². The highest BCUT2D eigenvalue weighted by molar-refractivity contribution is 6.32. The van der Waals surface area contributed by atoms with Crippen LogP contribution >= 0.6 is 11.6 Å². The minimum atomic E-state index is 0.0753. The molecule has 1 aromatic carbocycles. The Kier molecular flexibility index (Phi) is 5.40. The fourth-order valence-electron chi connectivity index (χ4n) is 2.48. The molecule has 1 aromatic rings. The number of Topliss-reactive ketones (excluding diaryl/α,β-unsaturated/α-hetero) is 1. The molecule has 4 nitrogen and oxygen atoms in total. The van der Waals surface area contributed by atoms with E-state index >= 15 is 0 Å². The molecular formula is C15H20ClNO3. The number of hydrogen-bond donors (Lipinski definition) is 0. The lowest BCUT2D eigenvalue weighted by Gasteiger charge is -2.31. The molecule has 1 saturated heterocycles. The van der Waals surface area contributed by atoms with E-state index in [1.165, 1.54) is 0 Å². The maximum absolute atomic E-state index is 12.3. The summed E-state index contributed by atoms with van der Waals surface area (Å²) in [6, 6.07) is 5.15. The number of ketones is 1. The van der Waals surface area contributed by atoms with Crippen molar-refractivity contribution in [2.75, 3.05) is 33.9 Å². The van der Waals surface area contributed by atoms with Gasteiger partial charge in [0.25, 0.3) is 0 Å². The van der Waals surface area contributed by atoms with Gasteiger partial charge in [-0.15, -0.1) is 0 Å². The van der Waals surface area contributed by atoms with Gasteiger partial charge < -0.3 is 9.47 Å². The van der Waals surface area contributed by atoms with Crippen molar-refractivity contribution in [3.63, 3.8) is 0 Å². The number of methoxy groups -OCH3 is 2. The Bertz CT molecular complexity index is 478. The lowest BCUT2D eigenvalue weighted by molar-refractivity contribution is 0.0314. The van der Waals surface area contributed by atoms with E-state index < -0.39 is 0 Å². The number of carbonyl (C=O) groups excluding carboxylic acids is 1. The molecule has 0 aliphatic carbocycles. The molecule has 1 aliphatic heterocycles. The minimum absolute atomic E-state index is 0.0753. The molecule has 0 radical (unpaired) electrons. The largest absolute Gasteiger partial charge is 0.495 e. The molecule has 2 rings (SSSR count). The topological polar surface area (TPSA) is 38.8 Å². The van der Waals surface area contributed by atoms with Gasteiger partial charge in [0.05, 0.1) is 24.8 Å². The summed E-state index contributed by atoms with van der Waals surface area (Å²) in [5.74, 6) is 0.659. The van der Waals surface area contributed by atoms with Crippen molar-refractivity contribution in [2.24, 2.45) is 0 Å². The molecule has 0 saturated carbocycles. The summed E-state index contributed by atoms with van der Waals surface area (Å²) in [4.78, 5) is 14.4. The highest BCUT2D eigenvalue weighted by Crippen LogP contribution is 2.25. The number of likely N-dealkylation sites (tertiary alicyclic amines) is 1. The Morgan fingerprint density at radius 2 is 2.25 bits per heavy atom. The summed E-state index contributed by atoms with van der Waals surface area (Å²) in [6.45, 7) is 2.16. The first-order valence-electron chi connectivity index (χ1n) is 6.76. The number of piperidine rings is 1. The first-order valence-corrected chi connectivity index (χ1v) is 7.13. The van der Waals surface area contributed by atoms with Crippen LogP contribution in [0.4, 0.5) is 0 Å². The first-order chi connectivity index (χ1) is 9.63. The second-order valence-corrected chi connectivity index (χ2v) is 5.41. The SMILES string of the molecule is COc1ccc(C(=O)CN2CCCC(OC)C2)cc1Cl. The van der Waals surface area contributed by atoms with Gasteiger partial charge in [-0.2, -0.15) is 0 Å². The Hall–Kier alpha value is -1.10. The molecule has 0 spiro atoms. The van der Waals surface area contributed by atoms with Crippen molar-refractivity contribution in [2.45, 2.75) is 18.9 Å². The van der Waals surface area contributed by atoms with Crippen molar-refractivity contribution >= 4 is 17.4 Å². The van der Waals surface area contributed by atoms with E-state index in [2.05, 4.69) is 4.90 Å². The Labute approximate surface area is 124 Å². The van der Waals surface area contributed by atoms with Crippen LogP contribution in [0.25, 0.3) is 0 Å². The molecule has 0 aromatic heterocycles. The zero-order valence-electron chi connectivity index (χ0n) is 11.9. The van der Waals surface area contributed by atoms with Crippen LogP contribution in [0.5, 0.6) is 5.75 Å². The Balaban J connectivity index is 1.99. The smallest absolute Gasteiger partial charge is 0.176 e. The zero-order valence-corrected chi connectivity index (χ0v) is 12.7. The van der Waals surface area contributed by atoms with E-state index in [0.717, 1.165) is 25.9 Å². The standard InChI is InChI=1S/C15H20ClNO3/c1-19-12-4-3-7-17(9-12)10-14(18)11-5-6-15(20-2)13(16)8-11/h5-6,8,12H,3-4,7,9-10H2,1-2H3. The van der Waals surface area contributed by atoms with E-state index in [1.807, 2.05) is 0 Å². The van der Waals surface area contributed by atoms with Crippen LogP contribution in [0.2, 0.25) is 5.02 Å². The minimum Gasteiger partial charge on any atom is -0.495 e. The fraction of sp³-hybridized carbons (Fsp3) is 0.533. The molecule has 1 heterocycles. The highest BCUT2D eigenvalue weighted by atomic mass is 35.5. The van der Waals surface area contributed by atoms with Crippen molar-refractivity contribution in [3.8, 4) is 5.75 Å². The van der Waals surface area contributed by atoms with Crippen LogP contribution in [0.15, 0.2) is 18.2 Å². The monoisotopic (exact) mass is 297 g/mol. The summed E-state index contributed by atoms with van der Waals surface area (Å²) in [5, 5.41) is 0.465. The number of nitrogens with zero attached hydrogens (tertiary/aromatic N) is 1. The third kappa shape index (κ3) is 3.72. The Morgan fingerprint density at radius 3 is 2.90 bits per heavy atom.